The van der Waals surface area contributed by atoms with Crippen LogP contribution in [0.5, 0.6) is 0 Å². The molecule has 0 spiro atoms. The van der Waals surface area contributed by atoms with Gasteiger partial charge in [0.15, 0.2) is 0 Å². The van der Waals surface area contributed by atoms with E-state index in [2.05, 4.69) is 17.9 Å². The highest BCUT2D eigenvalue weighted by Crippen LogP contribution is 2.10. The van der Waals surface area contributed by atoms with Gasteiger partial charge in [-0.1, -0.05) is 13.8 Å². The molecule has 1 heterocycles. The lowest BCUT2D eigenvalue weighted by Crippen LogP contribution is -2.40. The van der Waals surface area contributed by atoms with Crippen molar-refractivity contribution >= 4 is 18.5 Å². The molecule has 0 bridgehead atoms. The first kappa shape index (κ1) is 13.2. The summed E-state index contributed by atoms with van der Waals surface area (Å²) in [5.74, 6) is 1.10. The van der Waals surface area contributed by atoms with E-state index in [0.29, 0.717) is 6.42 Å². The van der Waals surface area contributed by atoms with Crippen LogP contribution in [0.2, 0.25) is 0 Å². The van der Waals surface area contributed by atoms with Crippen molar-refractivity contribution in [2.24, 2.45) is 5.92 Å². The quantitative estimate of drug-likeness (QED) is 0.777. The van der Waals surface area contributed by atoms with Gasteiger partial charge in [-0.15, -0.1) is 0 Å². The number of amides is 1. The molecule has 0 aliphatic carbocycles. The number of carbonyl (C=O) groups is 1. The molecule has 0 aromatic carbocycles. The minimum Gasteiger partial charge on any atom is -0.469 e. The number of nitrogens with one attached hydrogen (secondary N) is 1. The standard InChI is InChI=1S/C12H19NO2S/c1-8(2)11(16)12(14)13-9(3)7-10-5-4-6-15-10/h4-6,8-9,11,16H,7H2,1-3H3,(H,13,14). The summed E-state index contributed by atoms with van der Waals surface area (Å²) in [6.07, 6.45) is 2.34. The molecule has 0 saturated carbocycles. The second-order valence-corrected chi connectivity index (χ2v) is 4.94. The molecule has 1 aromatic rings. The second kappa shape index (κ2) is 5.99. The Morgan fingerprint density at radius 1 is 1.50 bits per heavy atom. The zero-order chi connectivity index (χ0) is 12.1. The Balaban J connectivity index is 2.39. The van der Waals surface area contributed by atoms with Gasteiger partial charge in [-0.2, -0.15) is 12.6 Å². The molecular weight excluding hydrogens is 222 g/mol. The Hall–Kier alpha value is -0.900. The lowest BCUT2D eigenvalue weighted by atomic mass is 10.1. The summed E-state index contributed by atoms with van der Waals surface area (Å²) in [5, 5.41) is 2.67. The van der Waals surface area contributed by atoms with Crippen molar-refractivity contribution in [1.82, 2.24) is 5.32 Å². The van der Waals surface area contributed by atoms with Crippen molar-refractivity contribution < 1.29 is 9.21 Å². The van der Waals surface area contributed by atoms with E-state index in [0.717, 1.165) is 5.76 Å². The van der Waals surface area contributed by atoms with Crippen molar-refractivity contribution in [1.29, 1.82) is 0 Å². The Labute approximate surface area is 102 Å². The van der Waals surface area contributed by atoms with Crippen molar-refractivity contribution in [3.63, 3.8) is 0 Å². The maximum absolute atomic E-state index is 11.7. The van der Waals surface area contributed by atoms with Crippen molar-refractivity contribution in [2.75, 3.05) is 0 Å². The number of thiol groups is 1. The monoisotopic (exact) mass is 241 g/mol. The van der Waals surface area contributed by atoms with Gasteiger partial charge in [0, 0.05) is 12.5 Å². The zero-order valence-electron chi connectivity index (χ0n) is 9.93. The SMILES string of the molecule is CC(Cc1ccco1)NC(=O)C(S)C(C)C. The van der Waals surface area contributed by atoms with Gasteiger partial charge in [0.25, 0.3) is 0 Å². The van der Waals surface area contributed by atoms with E-state index in [9.17, 15) is 4.79 Å². The first-order valence-corrected chi connectivity index (χ1v) is 6.03. The van der Waals surface area contributed by atoms with Gasteiger partial charge in [0.1, 0.15) is 5.76 Å². The van der Waals surface area contributed by atoms with E-state index >= 15 is 0 Å². The average Bonchev–Trinajstić information content (AvgIpc) is 2.68. The van der Waals surface area contributed by atoms with Crippen LogP contribution in [0.15, 0.2) is 22.8 Å². The van der Waals surface area contributed by atoms with E-state index < -0.39 is 0 Å². The molecular formula is C12H19NO2S. The number of furan rings is 1. The Morgan fingerprint density at radius 3 is 2.69 bits per heavy atom. The van der Waals surface area contributed by atoms with Gasteiger partial charge in [-0.05, 0) is 25.0 Å². The Morgan fingerprint density at radius 2 is 2.19 bits per heavy atom. The third kappa shape index (κ3) is 3.93. The van der Waals surface area contributed by atoms with Crippen LogP contribution in [0.25, 0.3) is 0 Å². The molecule has 0 saturated heterocycles. The van der Waals surface area contributed by atoms with E-state index in [1.165, 1.54) is 0 Å². The summed E-state index contributed by atoms with van der Waals surface area (Å²) in [7, 11) is 0. The maximum Gasteiger partial charge on any atom is 0.233 e. The number of hydrogen-bond acceptors (Lipinski definition) is 3. The fourth-order valence-electron chi connectivity index (χ4n) is 1.41. The predicted octanol–water partition coefficient (Wildman–Crippen LogP) is 2.28. The highest BCUT2D eigenvalue weighted by atomic mass is 32.1. The molecule has 0 fully saturated rings. The number of carbonyl (C=O) groups excluding carboxylic acids is 1. The second-order valence-electron chi connectivity index (χ2n) is 4.38. The summed E-state index contributed by atoms with van der Waals surface area (Å²) in [5.41, 5.74) is 0. The molecule has 2 unspecified atom stereocenters. The lowest BCUT2D eigenvalue weighted by molar-refractivity contribution is -0.121. The van der Waals surface area contributed by atoms with E-state index in [4.69, 9.17) is 4.42 Å². The minimum absolute atomic E-state index is 0.0163. The highest BCUT2D eigenvalue weighted by Gasteiger charge is 2.19. The summed E-state index contributed by atoms with van der Waals surface area (Å²) in [6, 6.07) is 3.81. The van der Waals surface area contributed by atoms with Crippen LogP contribution >= 0.6 is 12.6 Å². The summed E-state index contributed by atoms with van der Waals surface area (Å²) >= 11 is 4.27. The Bertz CT molecular complexity index is 322. The fourth-order valence-corrected chi connectivity index (χ4v) is 1.49. The van der Waals surface area contributed by atoms with E-state index in [1.807, 2.05) is 32.9 Å². The van der Waals surface area contributed by atoms with Crippen LogP contribution in [0.1, 0.15) is 26.5 Å². The van der Waals surface area contributed by atoms with Crippen LogP contribution in [0.4, 0.5) is 0 Å². The average molecular weight is 241 g/mol. The molecule has 1 N–H and O–H groups in total. The molecule has 1 amide bonds. The molecule has 16 heavy (non-hydrogen) atoms. The van der Waals surface area contributed by atoms with Gasteiger partial charge in [0.2, 0.25) is 5.91 Å². The molecule has 1 aromatic heterocycles. The Kier molecular flexibility index (Phi) is 4.93. The van der Waals surface area contributed by atoms with Gasteiger partial charge in [0.05, 0.1) is 11.5 Å². The minimum atomic E-state index is -0.251. The molecule has 0 radical (unpaired) electrons. The summed E-state index contributed by atoms with van der Waals surface area (Å²) < 4.78 is 5.22. The first-order valence-electron chi connectivity index (χ1n) is 5.51. The van der Waals surface area contributed by atoms with Crippen molar-refractivity contribution in [2.45, 2.75) is 38.5 Å². The van der Waals surface area contributed by atoms with Crippen LogP contribution in [-0.2, 0) is 11.2 Å². The molecule has 4 heteroatoms. The summed E-state index contributed by atoms with van der Waals surface area (Å²) in [4.78, 5) is 11.7. The van der Waals surface area contributed by atoms with Crippen LogP contribution < -0.4 is 5.32 Å². The van der Waals surface area contributed by atoms with Crippen LogP contribution in [-0.4, -0.2) is 17.2 Å². The topological polar surface area (TPSA) is 42.2 Å². The van der Waals surface area contributed by atoms with E-state index in [1.54, 1.807) is 6.26 Å². The fraction of sp³-hybridized carbons (Fsp3) is 0.583. The summed E-state index contributed by atoms with van der Waals surface area (Å²) in [6.45, 7) is 5.92. The smallest absolute Gasteiger partial charge is 0.233 e. The van der Waals surface area contributed by atoms with Gasteiger partial charge < -0.3 is 9.73 Å². The predicted molar refractivity (Wildman–Crippen MR) is 67.6 cm³/mol. The maximum atomic E-state index is 11.7. The number of hydrogen-bond donors (Lipinski definition) is 2. The van der Waals surface area contributed by atoms with Gasteiger partial charge in [-0.25, -0.2) is 0 Å². The zero-order valence-corrected chi connectivity index (χ0v) is 10.8. The first-order chi connectivity index (χ1) is 7.50. The lowest BCUT2D eigenvalue weighted by Gasteiger charge is -2.18. The molecule has 1 rings (SSSR count). The van der Waals surface area contributed by atoms with Crippen LogP contribution in [0.3, 0.4) is 0 Å². The van der Waals surface area contributed by atoms with Crippen LogP contribution in [0, 0.1) is 5.92 Å². The molecule has 0 aliphatic rings. The largest absolute Gasteiger partial charge is 0.469 e. The molecule has 2 atom stereocenters. The third-order valence-electron chi connectivity index (χ3n) is 2.38. The van der Waals surface area contributed by atoms with Gasteiger partial charge in [-0.3, -0.25) is 4.79 Å². The molecule has 3 nitrogen and oxygen atoms in total. The third-order valence-corrected chi connectivity index (χ3v) is 3.21. The van der Waals surface area contributed by atoms with Crippen molar-refractivity contribution in [3.05, 3.63) is 24.2 Å². The van der Waals surface area contributed by atoms with Crippen molar-refractivity contribution in [3.8, 4) is 0 Å². The highest BCUT2D eigenvalue weighted by molar-refractivity contribution is 7.81. The molecule has 0 aliphatic heterocycles. The molecule has 90 valence electrons. The van der Waals surface area contributed by atoms with Gasteiger partial charge >= 0.3 is 0 Å². The number of rotatable bonds is 5. The van der Waals surface area contributed by atoms with E-state index in [-0.39, 0.29) is 23.1 Å². The normalized spacial score (nSPS) is 14.8.